The van der Waals surface area contributed by atoms with Gasteiger partial charge in [0.2, 0.25) is 0 Å². The van der Waals surface area contributed by atoms with E-state index in [0.717, 1.165) is 42.4 Å². The van der Waals surface area contributed by atoms with Crippen LogP contribution in [0.15, 0.2) is 12.2 Å². The molecule has 0 saturated heterocycles. The largest absolute Gasteiger partial charge is 0.396 e. The van der Waals surface area contributed by atoms with Crippen LogP contribution in [0.3, 0.4) is 0 Å². The van der Waals surface area contributed by atoms with Crippen LogP contribution in [0.4, 0.5) is 0 Å². The molecule has 0 aliphatic heterocycles. The van der Waals surface area contributed by atoms with Gasteiger partial charge < -0.3 is 10.2 Å². The Morgan fingerprint density at radius 3 is 2.27 bits per heavy atom. The summed E-state index contributed by atoms with van der Waals surface area (Å²) < 4.78 is 0. The molecule has 2 N–H and O–H groups in total. The minimum atomic E-state index is -0.0365. The van der Waals surface area contributed by atoms with Crippen molar-refractivity contribution in [2.45, 2.75) is 98.5 Å². The summed E-state index contributed by atoms with van der Waals surface area (Å²) in [7, 11) is 0. The van der Waals surface area contributed by atoms with Crippen molar-refractivity contribution in [1.82, 2.24) is 0 Å². The van der Waals surface area contributed by atoms with Gasteiger partial charge in [-0.15, -0.1) is 0 Å². The first-order chi connectivity index (χ1) is 14.2. The van der Waals surface area contributed by atoms with Crippen LogP contribution in [0, 0.1) is 58.2 Å². The topological polar surface area (TPSA) is 40.5 Å². The predicted molar refractivity (Wildman–Crippen MR) is 125 cm³/mol. The fraction of sp³-hybridized carbons (Fsp3) is 0.929. The van der Waals surface area contributed by atoms with Crippen molar-refractivity contribution in [3.05, 3.63) is 12.2 Å². The molecule has 10 atom stereocenters. The maximum atomic E-state index is 10.3. The van der Waals surface area contributed by atoms with Crippen molar-refractivity contribution < 1.29 is 10.2 Å². The van der Waals surface area contributed by atoms with Gasteiger partial charge in [0.05, 0.1) is 6.10 Å². The fourth-order valence-electron chi connectivity index (χ4n) is 9.09. The Morgan fingerprint density at radius 2 is 1.57 bits per heavy atom. The summed E-state index contributed by atoms with van der Waals surface area (Å²) >= 11 is 0. The SMILES string of the molecule is CC(C)[C@H](C=C[C@@H](C)[C@H]1CC[C@H]2[C@@H]3CCC4C[C@@H](O)CC[C@]4(C)[C@H]3CC[C@]12C)CO. The van der Waals surface area contributed by atoms with Crippen molar-refractivity contribution in [3.63, 3.8) is 0 Å². The van der Waals surface area contributed by atoms with Gasteiger partial charge in [0, 0.05) is 12.5 Å². The first-order valence-corrected chi connectivity index (χ1v) is 13.2. The van der Waals surface area contributed by atoms with E-state index < -0.39 is 0 Å². The quantitative estimate of drug-likeness (QED) is 0.505. The van der Waals surface area contributed by atoms with Crippen LogP contribution in [0.1, 0.15) is 92.4 Å². The summed E-state index contributed by atoms with van der Waals surface area (Å²) in [5.74, 6) is 5.69. The Bertz CT molecular complexity index is 626. The molecule has 0 radical (unpaired) electrons. The van der Waals surface area contributed by atoms with Crippen LogP contribution < -0.4 is 0 Å². The van der Waals surface area contributed by atoms with E-state index in [1.165, 1.54) is 44.9 Å². The molecule has 172 valence electrons. The smallest absolute Gasteiger partial charge is 0.0543 e. The Kier molecular flexibility index (Phi) is 6.50. The van der Waals surface area contributed by atoms with E-state index in [1.807, 2.05) is 0 Å². The van der Waals surface area contributed by atoms with Crippen LogP contribution in [-0.2, 0) is 0 Å². The zero-order chi connectivity index (χ0) is 21.7. The molecule has 0 aromatic heterocycles. The molecular formula is C28H48O2. The standard InChI is InChI=1S/C28H48O2/c1-18(2)20(17-29)7-6-19(3)24-10-11-25-23-9-8-21-16-22(30)12-14-27(21,4)26(23)13-15-28(24,25)5/h6-7,18-26,29-30H,8-17H2,1-5H3/t19-,20-,21?,22+,23+,24-,25+,26+,27+,28-/m1/s1. The van der Waals surface area contributed by atoms with Gasteiger partial charge in [-0.3, -0.25) is 0 Å². The van der Waals surface area contributed by atoms with Crippen LogP contribution in [0.25, 0.3) is 0 Å². The molecule has 0 aromatic carbocycles. The van der Waals surface area contributed by atoms with E-state index in [-0.39, 0.29) is 12.7 Å². The number of hydrogen-bond donors (Lipinski definition) is 2. The Labute approximate surface area is 185 Å². The highest BCUT2D eigenvalue weighted by atomic mass is 16.3. The molecule has 0 amide bonds. The highest BCUT2D eigenvalue weighted by Crippen LogP contribution is 2.68. The average molecular weight is 417 g/mol. The number of allylic oxidation sites excluding steroid dienone is 1. The van der Waals surface area contributed by atoms with Crippen LogP contribution in [0.2, 0.25) is 0 Å². The second kappa shape index (κ2) is 8.54. The number of rotatable bonds is 5. The van der Waals surface area contributed by atoms with Crippen LogP contribution in [0.5, 0.6) is 0 Å². The Balaban J connectivity index is 1.49. The third-order valence-corrected chi connectivity index (χ3v) is 11.1. The molecule has 4 aliphatic rings. The molecule has 4 fully saturated rings. The summed E-state index contributed by atoms with van der Waals surface area (Å²) in [6, 6.07) is 0. The van der Waals surface area contributed by atoms with Gasteiger partial charge in [-0.2, -0.15) is 0 Å². The molecule has 1 unspecified atom stereocenters. The maximum Gasteiger partial charge on any atom is 0.0543 e. The van der Waals surface area contributed by atoms with Gasteiger partial charge in [-0.25, -0.2) is 0 Å². The van der Waals surface area contributed by atoms with Crippen LogP contribution >= 0.6 is 0 Å². The fourth-order valence-corrected chi connectivity index (χ4v) is 9.09. The van der Waals surface area contributed by atoms with E-state index in [0.29, 0.717) is 28.6 Å². The third-order valence-electron chi connectivity index (χ3n) is 11.1. The molecule has 0 aromatic rings. The minimum Gasteiger partial charge on any atom is -0.396 e. The summed E-state index contributed by atoms with van der Waals surface area (Å²) in [5, 5.41) is 20.0. The van der Waals surface area contributed by atoms with E-state index >= 15 is 0 Å². The average Bonchev–Trinajstić information content (AvgIpc) is 3.06. The normalized spacial score (nSPS) is 48.3. The first-order valence-electron chi connectivity index (χ1n) is 13.2. The number of aliphatic hydroxyl groups is 2. The van der Waals surface area contributed by atoms with E-state index in [9.17, 15) is 10.2 Å². The summed E-state index contributed by atoms with van der Waals surface area (Å²) in [6.07, 6.45) is 16.5. The zero-order valence-electron chi connectivity index (χ0n) is 20.3. The molecule has 0 bridgehead atoms. The van der Waals surface area contributed by atoms with E-state index in [4.69, 9.17) is 0 Å². The Hall–Kier alpha value is -0.340. The maximum absolute atomic E-state index is 10.3. The van der Waals surface area contributed by atoms with Gasteiger partial charge in [0.25, 0.3) is 0 Å². The van der Waals surface area contributed by atoms with Crippen molar-refractivity contribution in [1.29, 1.82) is 0 Å². The molecule has 2 heteroatoms. The zero-order valence-corrected chi connectivity index (χ0v) is 20.3. The van der Waals surface area contributed by atoms with Crippen molar-refractivity contribution >= 4 is 0 Å². The highest BCUT2D eigenvalue weighted by Gasteiger charge is 2.60. The number of hydrogen-bond acceptors (Lipinski definition) is 2. The molecular weight excluding hydrogens is 368 g/mol. The number of fused-ring (bicyclic) bond motifs is 5. The van der Waals surface area contributed by atoms with E-state index in [2.05, 4.69) is 46.8 Å². The lowest BCUT2D eigenvalue weighted by Gasteiger charge is -2.61. The van der Waals surface area contributed by atoms with Gasteiger partial charge in [0.15, 0.2) is 0 Å². The lowest BCUT2D eigenvalue weighted by Crippen LogP contribution is -2.54. The summed E-state index contributed by atoms with van der Waals surface area (Å²) in [5.41, 5.74) is 0.980. The van der Waals surface area contributed by atoms with Gasteiger partial charge >= 0.3 is 0 Å². The lowest BCUT2D eigenvalue weighted by molar-refractivity contribution is -0.128. The molecule has 2 nitrogen and oxygen atoms in total. The number of aliphatic hydroxyl groups excluding tert-OH is 2. The van der Waals surface area contributed by atoms with Crippen molar-refractivity contribution in [2.75, 3.05) is 6.61 Å². The van der Waals surface area contributed by atoms with Gasteiger partial charge in [0.1, 0.15) is 0 Å². The molecule has 0 spiro atoms. The summed E-state index contributed by atoms with van der Waals surface area (Å²) in [4.78, 5) is 0. The van der Waals surface area contributed by atoms with Crippen molar-refractivity contribution in [2.24, 2.45) is 58.2 Å². The lowest BCUT2D eigenvalue weighted by atomic mass is 9.44. The molecule has 30 heavy (non-hydrogen) atoms. The Morgan fingerprint density at radius 1 is 0.867 bits per heavy atom. The molecule has 4 saturated carbocycles. The molecule has 4 rings (SSSR count). The van der Waals surface area contributed by atoms with Gasteiger partial charge in [-0.05, 0) is 110 Å². The first kappa shape index (κ1) is 22.8. The summed E-state index contributed by atoms with van der Waals surface area (Å²) in [6.45, 7) is 12.4. The third kappa shape index (κ3) is 3.72. The predicted octanol–water partition coefficient (Wildman–Crippen LogP) is 6.46. The van der Waals surface area contributed by atoms with Gasteiger partial charge in [-0.1, -0.05) is 46.8 Å². The molecule has 4 aliphatic carbocycles. The second-order valence-corrected chi connectivity index (χ2v) is 12.6. The minimum absolute atomic E-state index is 0.0365. The van der Waals surface area contributed by atoms with Crippen molar-refractivity contribution in [3.8, 4) is 0 Å². The molecule has 0 heterocycles. The highest BCUT2D eigenvalue weighted by molar-refractivity contribution is 5.11. The second-order valence-electron chi connectivity index (χ2n) is 12.6. The van der Waals surface area contributed by atoms with Crippen LogP contribution in [-0.4, -0.2) is 22.9 Å². The monoisotopic (exact) mass is 416 g/mol. The van der Waals surface area contributed by atoms with E-state index in [1.54, 1.807) is 0 Å².